The van der Waals surface area contributed by atoms with Crippen molar-refractivity contribution in [2.24, 2.45) is 5.73 Å². The first-order valence-corrected chi connectivity index (χ1v) is 5.17. The highest BCUT2D eigenvalue weighted by Gasteiger charge is 2.59. The standard InChI is InChI=1S/C11H11F6NO/c1-6(18)7-2-4-8(5-3-7)19-9(10(12,13)14)11(15,16)17/h2-6,9H,18H2,1H3. The molecule has 1 atom stereocenters. The minimum atomic E-state index is -5.53. The molecule has 1 unspecified atom stereocenters. The molecule has 0 fully saturated rings. The molecule has 0 bridgehead atoms. The summed E-state index contributed by atoms with van der Waals surface area (Å²) in [6, 6.07) is 4.27. The zero-order valence-corrected chi connectivity index (χ0v) is 9.72. The minimum absolute atomic E-state index is 0.380. The first-order valence-electron chi connectivity index (χ1n) is 5.17. The van der Waals surface area contributed by atoms with Crippen molar-refractivity contribution in [3.05, 3.63) is 29.8 Å². The fraction of sp³-hybridized carbons (Fsp3) is 0.455. The molecule has 8 heteroatoms. The van der Waals surface area contributed by atoms with E-state index in [1.54, 1.807) is 6.92 Å². The van der Waals surface area contributed by atoms with Gasteiger partial charge in [0.25, 0.3) is 6.10 Å². The van der Waals surface area contributed by atoms with Crippen molar-refractivity contribution in [1.29, 1.82) is 0 Å². The van der Waals surface area contributed by atoms with Crippen LogP contribution in [0, 0.1) is 0 Å². The first-order chi connectivity index (χ1) is 8.51. The smallest absolute Gasteiger partial charge is 0.434 e. The second-order valence-corrected chi connectivity index (χ2v) is 3.94. The Morgan fingerprint density at radius 1 is 0.947 bits per heavy atom. The average molecular weight is 287 g/mol. The summed E-state index contributed by atoms with van der Waals surface area (Å²) in [6.45, 7) is 1.63. The number of rotatable bonds is 3. The first kappa shape index (κ1) is 15.6. The lowest BCUT2D eigenvalue weighted by molar-refractivity contribution is -0.299. The maximum absolute atomic E-state index is 12.2. The number of nitrogens with two attached hydrogens (primary N) is 1. The largest absolute Gasteiger partial charge is 0.471 e. The van der Waals surface area contributed by atoms with Crippen molar-refractivity contribution in [3.63, 3.8) is 0 Å². The fourth-order valence-corrected chi connectivity index (χ4v) is 1.31. The van der Waals surface area contributed by atoms with Crippen molar-refractivity contribution >= 4 is 0 Å². The number of halogens is 6. The summed E-state index contributed by atoms with van der Waals surface area (Å²) in [5, 5.41) is 0. The third kappa shape index (κ3) is 4.30. The van der Waals surface area contributed by atoms with Gasteiger partial charge in [-0.25, -0.2) is 0 Å². The molecule has 0 radical (unpaired) electrons. The SMILES string of the molecule is CC(N)c1ccc(OC(C(F)(F)F)C(F)(F)F)cc1. The molecule has 1 rings (SSSR count). The molecule has 0 aliphatic heterocycles. The van der Waals surface area contributed by atoms with Crippen LogP contribution < -0.4 is 10.5 Å². The maximum Gasteiger partial charge on any atom is 0.434 e. The molecule has 0 spiro atoms. The predicted molar refractivity (Wildman–Crippen MR) is 55.6 cm³/mol. The van der Waals surface area contributed by atoms with Gasteiger partial charge in [0.1, 0.15) is 5.75 Å². The van der Waals surface area contributed by atoms with Gasteiger partial charge in [-0.05, 0) is 24.6 Å². The van der Waals surface area contributed by atoms with Crippen molar-refractivity contribution in [2.45, 2.75) is 31.4 Å². The molecule has 1 aromatic rings. The van der Waals surface area contributed by atoms with Crippen LogP contribution in [-0.4, -0.2) is 18.5 Å². The van der Waals surface area contributed by atoms with Gasteiger partial charge in [0.2, 0.25) is 0 Å². The molecular weight excluding hydrogens is 276 g/mol. The van der Waals surface area contributed by atoms with E-state index in [1.807, 2.05) is 0 Å². The second-order valence-electron chi connectivity index (χ2n) is 3.94. The van der Waals surface area contributed by atoms with Gasteiger partial charge in [0.05, 0.1) is 0 Å². The summed E-state index contributed by atoms with van der Waals surface area (Å²) in [4.78, 5) is 0. The summed E-state index contributed by atoms with van der Waals surface area (Å²) < 4.78 is 77.5. The van der Waals surface area contributed by atoms with Gasteiger partial charge < -0.3 is 10.5 Å². The Morgan fingerprint density at radius 3 is 1.68 bits per heavy atom. The van der Waals surface area contributed by atoms with Crippen LogP contribution in [0.1, 0.15) is 18.5 Å². The van der Waals surface area contributed by atoms with Crippen molar-refractivity contribution in [3.8, 4) is 5.75 Å². The molecule has 108 valence electrons. The molecule has 2 nitrogen and oxygen atoms in total. The summed E-state index contributed by atoms with van der Waals surface area (Å²) in [5.74, 6) is -0.524. The Balaban J connectivity index is 2.92. The van der Waals surface area contributed by atoms with E-state index >= 15 is 0 Å². The normalized spacial score (nSPS) is 14.6. The van der Waals surface area contributed by atoms with E-state index in [-0.39, 0.29) is 6.04 Å². The van der Waals surface area contributed by atoms with Gasteiger partial charge in [-0.15, -0.1) is 0 Å². The van der Waals surface area contributed by atoms with Crippen molar-refractivity contribution in [2.75, 3.05) is 0 Å². The Labute approximate surface area is 105 Å². The van der Waals surface area contributed by atoms with Crippen LogP contribution >= 0.6 is 0 Å². The summed E-state index contributed by atoms with van der Waals surface area (Å²) in [6.07, 6.45) is -14.9. The van der Waals surface area contributed by atoms with E-state index in [0.29, 0.717) is 5.56 Å². The quantitative estimate of drug-likeness (QED) is 0.862. The molecule has 0 saturated carbocycles. The number of hydrogen-bond donors (Lipinski definition) is 1. The second kappa shape index (κ2) is 5.28. The molecule has 0 saturated heterocycles. The average Bonchev–Trinajstić information content (AvgIpc) is 2.23. The van der Waals surface area contributed by atoms with Crippen LogP contribution in [-0.2, 0) is 0 Å². The predicted octanol–water partition coefficient (Wildman–Crippen LogP) is 3.58. The minimum Gasteiger partial charge on any atom is -0.471 e. The Bertz CT molecular complexity index is 395. The van der Waals surface area contributed by atoms with Crippen LogP contribution in [0.4, 0.5) is 26.3 Å². The number of alkyl halides is 6. The van der Waals surface area contributed by atoms with Crippen LogP contribution in [0.3, 0.4) is 0 Å². The fourth-order valence-electron chi connectivity index (χ4n) is 1.31. The number of hydrogen-bond acceptors (Lipinski definition) is 2. The lowest BCUT2D eigenvalue weighted by Gasteiger charge is -2.24. The molecule has 19 heavy (non-hydrogen) atoms. The lowest BCUT2D eigenvalue weighted by atomic mass is 10.1. The van der Waals surface area contributed by atoms with Crippen LogP contribution in [0.2, 0.25) is 0 Å². The van der Waals surface area contributed by atoms with E-state index < -0.39 is 24.2 Å². The van der Waals surface area contributed by atoms with E-state index in [0.717, 1.165) is 12.1 Å². The van der Waals surface area contributed by atoms with E-state index in [4.69, 9.17) is 5.73 Å². The molecule has 0 aromatic heterocycles. The van der Waals surface area contributed by atoms with Crippen molar-refractivity contribution in [1.82, 2.24) is 0 Å². The lowest BCUT2D eigenvalue weighted by Crippen LogP contribution is -2.46. The number of ether oxygens (including phenoxy) is 1. The van der Waals surface area contributed by atoms with Gasteiger partial charge in [0, 0.05) is 6.04 Å². The third-order valence-corrected chi connectivity index (χ3v) is 2.25. The number of benzene rings is 1. The van der Waals surface area contributed by atoms with Gasteiger partial charge in [-0.1, -0.05) is 12.1 Å². The highest BCUT2D eigenvalue weighted by atomic mass is 19.4. The molecule has 0 aliphatic rings. The zero-order chi connectivity index (χ0) is 14.8. The van der Waals surface area contributed by atoms with Gasteiger partial charge in [-0.3, -0.25) is 0 Å². The van der Waals surface area contributed by atoms with Gasteiger partial charge in [-0.2, -0.15) is 26.3 Å². The zero-order valence-electron chi connectivity index (χ0n) is 9.72. The highest BCUT2D eigenvalue weighted by molar-refractivity contribution is 5.29. The molecule has 0 amide bonds. The van der Waals surface area contributed by atoms with Gasteiger partial charge >= 0.3 is 12.4 Å². The Kier molecular flexibility index (Phi) is 4.34. The molecule has 0 heterocycles. The van der Waals surface area contributed by atoms with Gasteiger partial charge in [0.15, 0.2) is 0 Å². The van der Waals surface area contributed by atoms with E-state index in [9.17, 15) is 26.3 Å². The molecule has 1 aromatic carbocycles. The van der Waals surface area contributed by atoms with Crippen LogP contribution in [0.5, 0.6) is 5.75 Å². The summed E-state index contributed by atoms with van der Waals surface area (Å²) >= 11 is 0. The van der Waals surface area contributed by atoms with E-state index in [1.165, 1.54) is 12.1 Å². The Morgan fingerprint density at radius 2 is 1.37 bits per heavy atom. The van der Waals surface area contributed by atoms with Crippen molar-refractivity contribution < 1.29 is 31.1 Å². The maximum atomic E-state index is 12.2. The highest BCUT2D eigenvalue weighted by Crippen LogP contribution is 2.36. The van der Waals surface area contributed by atoms with Crippen LogP contribution in [0.15, 0.2) is 24.3 Å². The molecular formula is C11H11F6NO. The summed E-state index contributed by atoms with van der Waals surface area (Å²) in [5.41, 5.74) is 6.07. The Hall–Kier alpha value is -1.44. The topological polar surface area (TPSA) is 35.2 Å². The summed E-state index contributed by atoms with van der Waals surface area (Å²) in [7, 11) is 0. The third-order valence-electron chi connectivity index (χ3n) is 2.25. The van der Waals surface area contributed by atoms with Crippen LogP contribution in [0.25, 0.3) is 0 Å². The molecule has 2 N–H and O–H groups in total. The molecule has 0 aliphatic carbocycles. The van der Waals surface area contributed by atoms with E-state index in [2.05, 4.69) is 4.74 Å². The monoisotopic (exact) mass is 287 g/mol.